The molecule has 0 spiro atoms. The molecule has 0 aliphatic heterocycles. The lowest BCUT2D eigenvalue weighted by atomic mass is 10.0. The number of hydrogen-bond donors (Lipinski definition) is 0. The maximum absolute atomic E-state index is 4.87. The molecule has 1 radical (unpaired) electrons. The van der Waals surface area contributed by atoms with Crippen molar-refractivity contribution in [2.75, 3.05) is 0 Å². The Morgan fingerprint density at radius 3 is 0.656 bits per heavy atom. The summed E-state index contributed by atoms with van der Waals surface area (Å²) < 4.78 is 0. The molecule has 189 valence electrons. The summed E-state index contributed by atoms with van der Waals surface area (Å²) in [5, 5.41) is 3.77. The lowest BCUT2D eigenvalue weighted by Crippen LogP contribution is -1.85. The Hall–Kier alpha value is 0.180. The fourth-order valence-corrected chi connectivity index (χ4v) is 4.87. The average Bonchev–Trinajstić information content (AvgIpc) is 2.81. The van der Waals surface area contributed by atoms with Gasteiger partial charge in [-0.3, -0.25) is 0 Å². The Morgan fingerprint density at radius 2 is 0.438 bits per heavy atom. The van der Waals surface area contributed by atoms with Gasteiger partial charge in [-0.05, 0) is 42.8 Å². The number of unbranched alkanes of at least 4 members (excludes halogenated alkanes) is 27. The van der Waals surface area contributed by atoms with Crippen LogP contribution < -0.4 is 0 Å². The normalized spacial score (nSPS) is 11.1. The molecule has 0 amide bonds. The molecule has 0 aromatic heterocycles. The molecule has 0 aromatic carbocycles. The van der Waals surface area contributed by atoms with Crippen LogP contribution in [0.5, 0.6) is 0 Å². The SMILES string of the molecule is S=CCCCCCCCCCCCCC[CH]CCCCCCCCCCCCCCC=S. The van der Waals surface area contributed by atoms with Crippen LogP contribution in [0.25, 0.3) is 0 Å². The zero-order valence-corrected chi connectivity index (χ0v) is 23.3. The molecule has 0 bridgehead atoms. The minimum absolute atomic E-state index is 1.13. The molecule has 32 heavy (non-hydrogen) atoms. The fraction of sp³-hybridized carbons (Fsp3) is 0.900. The van der Waals surface area contributed by atoms with Crippen LogP contribution in [-0.4, -0.2) is 10.7 Å². The Kier molecular flexibility index (Phi) is 31.4. The zero-order valence-electron chi connectivity index (χ0n) is 21.6. The molecular weight excluding hydrogens is 424 g/mol. The first-order valence-corrected chi connectivity index (χ1v) is 15.5. The van der Waals surface area contributed by atoms with Gasteiger partial charge in [-0.2, -0.15) is 0 Å². The summed E-state index contributed by atoms with van der Waals surface area (Å²) in [7, 11) is 0. The van der Waals surface area contributed by atoms with Gasteiger partial charge in [-0.15, -0.1) is 0 Å². The van der Waals surface area contributed by atoms with Crippen LogP contribution >= 0.6 is 24.4 Å². The second kappa shape index (κ2) is 31.2. The van der Waals surface area contributed by atoms with E-state index in [2.05, 4.69) is 6.42 Å². The highest BCUT2D eigenvalue weighted by Crippen LogP contribution is 2.15. The lowest BCUT2D eigenvalue weighted by Gasteiger charge is -2.04. The van der Waals surface area contributed by atoms with Crippen molar-refractivity contribution < 1.29 is 0 Å². The van der Waals surface area contributed by atoms with Gasteiger partial charge >= 0.3 is 0 Å². The molecule has 0 nitrogen and oxygen atoms in total. The van der Waals surface area contributed by atoms with E-state index in [0.29, 0.717) is 0 Å². The predicted octanol–water partition coefficient (Wildman–Crippen LogP) is 11.7. The lowest BCUT2D eigenvalue weighted by molar-refractivity contribution is 0.537. The smallest absolute Gasteiger partial charge is 0.0210 e. The van der Waals surface area contributed by atoms with E-state index in [1.807, 2.05) is 10.7 Å². The van der Waals surface area contributed by atoms with Gasteiger partial charge in [0.1, 0.15) is 0 Å². The summed E-state index contributed by atoms with van der Waals surface area (Å²) in [4.78, 5) is 0. The summed E-state index contributed by atoms with van der Waals surface area (Å²) >= 11 is 9.74. The second-order valence-corrected chi connectivity index (χ2v) is 10.6. The third-order valence-electron chi connectivity index (χ3n) is 6.71. The van der Waals surface area contributed by atoms with E-state index >= 15 is 0 Å². The van der Waals surface area contributed by atoms with Gasteiger partial charge in [-0.1, -0.05) is 172 Å². The highest BCUT2D eigenvalue weighted by atomic mass is 32.1. The number of rotatable bonds is 29. The molecule has 0 aliphatic rings. The molecule has 0 N–H and O–H groups in total. The topological polar surface area (TPSA) is 0 Å². The molecule has 0 rings (SSSR count). The van der Waals surface area contributed by atoms with Crippen molar-refractivity contribution in [3.63, 3.8) is 0 Å². The van der Waals surface area contributed by atoms with Crippen LogP contribution in [-0.2, 0) is 0 Å². The first kappa shape index (κ1) is 32.2. The standard InChI is InChI=1S/C30H57S2/c31-29-27-25-23-21-19-17-15-13-11-9-7-5-3-1-2-4-6-8-10-12-14-16-18-20-22-24-26-28-30-32/h1,29-30H,2-28H2. The van der Waals surface area contributed by atoms with E-state index in [0.717, 1.165) is 12.8 Å². The van der Waals surface area contributed by atoms with Crippen molar-refractivity contribution in [2.24, 2.45) is 0 Å². The number of thiocarbonyl (C=S) groups is 2. The van der Waals surface area contributed by atoms with Gasteiger partial charge in [-0.25, -0.2) is 0 Å². The van der Waals surface area contributed by atoms with Gasteiger partial charge in [0.2, 0.25) is 0 Å². The van der Waals surface area contributed by atoms with Gasteiger partial charge < -0.3 is 0 Å². The van der Waals surface area contributed by atoms with Crippen molar-refractivity contribution in [1.29, 1.82) is 0 Å². The predicted molar refractivity (Wildman–Crippen MR) is 156 cm³/mol. The summed E-state index contributed by atoms with van der Waals surface area (Å²) in [6.45, 7) is 0. The molecule has 2 heteroatoms. The molecule has 0 saturated heterocycles. The first-order valence-electron chi connectivity index (χ1n) is 14.6. The Labute approximate surface area is 214 Å². The van der Waals surface area contributed by atoms with Crippen molar-refractivity contribution in [3.05, 3.63) is 6.42 Å². The molecule has 0 fully saturated rings. The quantitative estimate of drug-likeness (QED) is 0.0769. The highest BCUT2D eigenvalue weighted by Gasteiger charge is 1.96. The summed E-state index contributed by atoms with van der Waals surface area (Å²) in [6, 6.07) is 0. The first-order chi connectivity index (χ1) is 15.9. The van der Waals surface area contributed by atoms with E-state index in [9.17, 15) is 0 Å². The van der Waals surface area contributed by atoms with Crippen molar-refractivity contribution in [2.45, 2.75) is 173 Å². The Bertz CT molecular complexity index is 319. The van der Waals surface area contributed by atoms with Crippen LogP contribution in [0.1, 0.15) is 173 Å². The molecule has 0 unspecified atom stereocenters. The molecule has 0 saturated carbocycles. The third kappa shape index (κ3) is 30.2. The maximum atomic E-state index is 4.87. The average molecular weight is 482 g/mol. The van der Waals surface area contributed by atoms with Crippen molar-refractivity contribution >= 4 is 35.2 Å². The monoisotopic (exact) mass is 481 g/mol. The van der Waals surface area contributed by atoms with Crippen molar-refractivity contribution in [1.82, 2.24) is 0 Å². The van der Waals surface area contributed by atoms with E-state index in [-0.39, 0.29) is 0 Å². The van der Waals surface area contributed by atoms with E-state index < -0.39 is 0 Å². The minimum atomic E-state index is 1.13. The van der Waals surface area contributed by atoms with Gasteiger partial charge in [0.25, 0.3) is 0 Å². The summed E-state index contributed by atoms with van der Waals surface area (Å²) in [6.07, 6.45) is 40.3. The summed E-state index contributed by atoms with van der Waals surface area (Å²) in [5.41, 5.74) is 0. The van der Waals surface area contributed by atoms with Crippen LogP contribution in [0.3, 0.4) is 0 Å². The van der Waals surface area contributed by atoms with E-state index in [1.54, 1.807) is 0 Å². The van der Waals surface area contributed by atoms with Crippen LogP contribution in [0, 0.1) is 6.42 Å². The Balaban J connectivity index is 2.99. The number of hydrogen-bond acceptors (Lipinski definition) is 2. The van der Waals surface area contributed by atoms with Crippen molar-refractivity contribution in [3.8, 4) is 0 Å². The maximum Gasteiger partial charge on any atom is -0.0210 e. The van der Waals surface area contributed by atoms with Crippen LogP contribution in [0.2, 0.25) is 0 Å². The molecule has 0 atom stereocenters. The van der Waals surface area contributed by atoms with E-state index in [1.165, 1.54) is 161 Å². The van der Waals surface area contributed by atoms with Gasteiger partial charge in [0, 0.05) is 0 Å². The minimum Gasteiger partial charge on any atom is -0.0935 e. The molecular formula is C30H57S2. The summed E-state index contributed by atoms with van der Waals surface area (Å²) in [5.74, 6) is 0. The largest absolute Gasteiger partial charge is 0.0935 e. The third-order valence-corrected chi connectivity index (χ3v) is 7.18. The fourth-order valence-electron chi connectivity index (χ4n) is 4.54. The molecule has 0 aromatic rings. The van der Waals surface area contributed by atoms with E-state index in [4.69, 9.17) is 24.4 Å². The van der Waals surface area contributed by atoms with Crippen LogP contribution in [0.4, 0.5) is 0 Å². The highest BCUT2D eigenvalue weighted by molar-refractivity contribution is 7.79. The van der Waals surface area contributed by atoms with Gasteiger partial charge in [0.15, 0.2) is 0 Å². The molecule has 0 aliphatic carbocycles. The Morgan fingerprint density at radius 1 is 0.250 bits per heavy atom. The zero-order chi connectivity index (χ0) is 23.2. The van der Waals surface area contributed by atoms with Gasteiger partial charge in [0.05, 0.1) is 0 Å². The molecule has 0 heterocycles. The second-order valence-electron chi connectivity index (χ2n) is 9.91. The van der Waals surface area contributed by atoms with Crippen LogP contribution in [0.15, 0.2) is 0 Å².